The van der Waals surface area contributed by atoms with E-state index in [1.165, 1.54) is 24.1 Å². The molecule has 14 heavy (non-hydrogen) atoms. The summed E-state index contributed by atoms with van der Waals surface area (Å²) in [7, 11) is 0. The number of thiocarbonyl (C=S) groups is 1. The minimum atomic E-state index is 0.226. The maximum Gasteiger partial charge on any atom is 0.0597 e. The van der Waals surface area contributed by atoms with Gasteiger partial charge in [-0.25, -0.2) is 4.99 Å². The summed E-state index contributed by atoms with van der Waals surface area (Å²) in [5, 5.41) is 5.27. The molecule has 0 spiro atoms. The zero-order valence-electron chi connectivity index (χ0n) is 7.62. The van der Waals surface area contributed by atoms with Crippen molar-refractivity contribution in [3.8, 4) is 0 Å². The molecule has 0 saturated heterocycles. The summed E-state index contributed by atoms with van der Waals surface area (Å²) in [6.45, 7) is 0.771. The summed E-state index contributed by atoms with van der Waals surface area (Å²) < 4.78 is 0. The second kappa shape index (κ2) is 4.11. The zero-order chi connectivity index (χ0) is 10.0. The molecule has 0 radical (unpaired) electrons. The number of nitrogens with zero attached hydrogens (tertiary/aromatic N) is 1. The quantitative estimate of drug-likeness (QED) is 0.579. The van der Waals surface area contributed by atoms with Crippen molar-refractivity contribution in [3.63, 3.8) is 0 Å². The fraction of sp³-hybridized carbons (Fsp3) is 0.500. The lowest BCUT2D eigenvalue weighted by Gasteiger charge is -2.39. The van der Waals surface area contributed by atoms with Gasteiger partial charge in [-0.15, -0.1) is 11.3 Å². The molecule has 0 N–H and O–H groups in total. The van der Waals surface area contributed by atoms with Crippen molar-refractivity contribution in [2.24, 2.45) is 4.99 Å². The lowest BCUT2D eigenvalue weighted by atomic mass is 9.68. The summed E-state index contributed by atoms with van der Waals surface area (Å²) in [5.74, 6) is 0. The van der Waals surface area contributed by atoms with E-state index in [0.29, 0.717) is 0 Å². The van der Waals surface area contributed by atoms with Crippen molar-refractivity contribution < 1.29 is 0 Å². The standard InChI is InChI=1S/C10H10ClNS2/c11-8-4-9(14-5-8)10(2-1-3-10)6-12-7-13/h4-5H,1-3,6H2. The molecule has 0 aromatic carbocycles. The highest BCUT2D eigenvalue weighted by molar-refractivity contribution is 7.78. The molecule has 1 aromatic rings. The maximum absolute atomic E-state index is 5.93. The van der Waals surface area contributed by atoms with Crippen LogP contribution in [0.3, 0.4) is 0 Å². The van der Waals surface area contributed by atoms with Crippen LogP contribution in [-0.2, 0) is 5.41 Å². The summed E-state index contributed by atoms with van der Waals surface area (Å²) >= 11 is 12.3. The summed E-state index contributed by atoms with van der Waals surface area (Å²) in [5.41, 5.74) is 0.226. The first-order chi connectivity index (χ1) is 6.77. The van der Waals surface area contributed by atoms with Crippen LogP contribution >= 0.6 is 35.2 Å². The van der Waals surface area contributed by atoms with Crippen molar-refractivity contribution in [2.45, 2.75) is 24.7 Å². The molecular weight excluding hydrogens is 234 g/mol. The minimum absolute atomic E-state index is 0.226. The van der Waals surface area contributed by atoms with Gasteiger partial charge in [0.2, 0.25) is 0 Å². The lowest BCUT2D eigenvalue weighted by Crippen LogP contribution is -2.36. The number of thiophene rings is 1. The highest BCUT2D eigenvalue weighted by Gasteiger charge is 2.39. The molecular formula is C10H10ClNS2. The Morgan fingerprint density at radius 2 is 2.43 bits per heavy atom. The van der Waals surface area contributed by atoms with Gasteiger partial charge in [0.25, 0.3) is 0 Å². The van der Waals surface area contributed by atoms with E-state index in [0.717, 1.165) is 11.6 Å². The van der Waals surface area contributed by atoms with E-state index < -0.39 is 0 Å². The molecule has 1 heterocycles. The molecule has 0 atom stereocenters. The van der Waals surface area contributed by atoms with Crippen LogP contribution < -0.4 is 0 Å². The Labute approximate surface area is 97.8 Å². The molecule has 1 aliphatic carbocycles. The monoisotopic (exact) mass is 243 g/mol. The average Bonchev–Trinajstić information content (AvgIpc) is 2.51. The number of isothiocyanates is 1. The number of hydrogen-bond donors (Lipinski definition) is 0. The third-order valence-corrected chi connectivity index (χ3v) is 4.50. The SMILES string of the molecule is S=C=NCC1(c2cc(Cl)cs2)CCC1. The molecule has 1 aromatic heterocycles. The first kappa shape index (κ1) is 10.3. The van der Waals surface area contributed by atoms with E-state index in [-0.39, 0.29) is 5.41 Å². The van der Waals surface area contributed by atoms with Gasteiger partial charge in [0, 0.05) is 15.7 Å². The van der Waals surface area contributed by atoms with Gasteiger partial charge in [0.1, 0.15) is 0 Å². The number of rotatable bonds is 3. The van der Waals surface area contributed by atoms with Crippen molar-refractivity contribution in [3.05, 3.63) is 21.3 Å². The molecule has 0 bridgehead atoms. The van der Waals surface area contributed by atoms with Crippen molar-refractivity contribution >= 4 is 40.3 Å². The van der Waals surface area contributed by atoms with Gasteiger partial charge in [0.15, 0.2) is 0 Å². The fourth-order valence-electron chi connectivity index (χ4n) is 1.86. The first-order valence-corrected chi connectivity index (χ1v) is 6.22. The maximum atomic E-state index is 5.93. The Balaban J connectivity index is 2.23. The van der Waals surface area contributed by atoms with Crippen LogP contribution in [0.2, 0.25) is 5.02 Å². The fourth-order valence-corrected chi connectivity index (χ4v) is 3.25. The van der Waals surface area contributed by atoms with Crippen LogP contribution in [0.15, 0.2) is 16.4 Å². The Kier molecular flexibility index (Phi) is 3.03. The molecule has 74 valence electrons. The third-order valence-electron chi connectivity index (χ3n) is 2.85. The van der Waals surface area contributed by atoms with Crippen LogP contribution in [0, 0.1) is 0 Å². The van der Waals surface area contributed by atoms with E-state index >= 15 is 0 Å². The predicted octanol–water partition coefficient (Wildman–Crippen LogP) is 3.93. The van der Waals surface area contributed by atoms with Gasteiger partial charge in [0.05, 0.1) is 16.7 Å². The van der Waals surface area contributed by atoms with Gasteiger partial charge >= 0.3 is 0 Å². The smallest absolute Gasteiger partial charge is 0.0597 e. The molecule has 1 nitrogen and oxygen atoms in total. The third kappa shape index (κ3) is 1.78. The van der Waals surface area contributed by atoms with E-state index in [1.54, 1.807) is 11.3 Å². The van der Waals surface area contributed by atoms with E-state index in [2.05, 4.69) is 28.4 Å². The van der Waals surface area contributed by atoms with Gasteiger partial charge in [-0.05, 0) is 31.1 Å². The number of aliphatic imine (C=N–C) groups is 1. The summed E-state index contributed by atoms with van der Waals surface area (Å²) in [6.07, 6.45) is 3.68. The van der Waals surface area contributed by atoms with Crippen LogP contribution in [0.4, 0.5) is 0 Å². The number of hydrogen-bond acceptors (Lipinski definition) is 3. The lowest BCUT2D eigenvalue weighted by molar-refractivity contribution is 0.260. The zero-order valence-corrected chi connectivity index (χ0v) is 10.0. The molecule has 1 aliphatic rings. The normalized spacial score (nSPS) is 18.4. The van der Waals surface area contributed by atoms with Crippen LogP contribution in [0.5, 0.6) is 0 Å². The summed E-state index contributed by atoms with van der Waals surface area (Å²) in [6, 6.07) is 2.06. The van der Waals surface area contributed by atoms with E-state index in [1.807, 2.05) is 5.38 Å². The van der Waals surface area contributed by atoms with Gasteiger partial charge in [-0.3, -0.25) is 0 Å². The first-order valence-electron chi connectivity index (χ1n) is 4.55. The second-order valence-electron chi connectivity index (χ2n) is 3.67. The molecule has 1 saturated carbocycles. The molecule has 4 heteroatoms. The highest BCUT2D eigenvalue weighted by Crippen LogP contribution is 2.46. The van der Waals surface area contributed by atoms with Crippen LogP contribution in [-0.4, -0.2) is 11.7 Å². The van der Waals surface area contributed by atoms with Crippen LogP contribution in [0.1, 0.15) is 24.1 Å². The average molecular weight is 244 g/mol. The summed E-state index contributed by atoms with van der Waals surface area (Å²) in [4.78, 5) is 5.43. The van der Waals surface area contributed by atoms with Gasteiger partial charge in [-0.2, -0.15) is 0 Å². The Morgan fingerprint density at radius 3 is 2.86 bits per heavy atom. The Bertz CT molecular complexity index is 375. The van der Waals surface area contributed by atoms with Crippen molar-refractivity contribution in [2.75, 3.05) is 6.54 Å². The Hall–Kier alpha value is -0.210. The van der Waals surface area contributed by atoms with E-state index in [4.69, 9.17) is 11.6 Å². The molecule has 1 fully saturated rings. The Morgan fingerprint density at radius 1 is 1.64 bits per heavy atom. The van der Waals surface area contributed by atoms with Gasteiger partial charge < -0.3 is 0 Å². The van der Waals surface area contributed by atoms with E-state index in [9.17, 15) is 0 Å². The van der Waals surface area contributed by atoms with Crippen LogP contribution in [0.25, 0.3) is 0 Å². The molecule has 0 amide bonds. The molecule has 2 rings (SSSR count). The minimum Gasteiger partial charge on any atom is -0.232 e. The molecule has 0 aliphatic heterocycles. The number of halogens is 1. The topological polar surface area (TPSA) is 12.4 Å². The van der Waals surface area contributed by atoms with Crippen molar-refractivity contribution in [1.29, 1.82) is 0 Å². The second-order valence-corrected chi connectivity index (χ2v) is 5.20. The van der Waals surface area contributed by atoms with Crippen molar-refractivity contribution in [1.82, 2.24) is 0 Å². The largest absolute Gasteiger partial charge is 0.232 e. The molecule has 0 unspecified atom stereocenters. The van der Waals surface area contributed by atoms with Gasteiger partial charge in [-0.1, -0.05) is 18.0 Å². The highest BCUT2D eigenvalue weighted by atomic mass is 35.5. The predicted molar refractivity (Wildman–Crippen MR) is 64.8 cm³/mol.